The van der Waals surface area contributed by atoms with E-state index < -0.39 is 86.6 Å². The Morgan fingerprint density at radius 2 is 1.21 bits per heavy atom. The van der Waals surface area contributed by atoms with Crippen LogP contribution in [0.5, 0.6) is 34.5 Å². The molecule has 0 radical (unpaired) electrons. The van der Waals surface area contributed by atoms with Gasteiger partial charge in [0.2, 0.25) is 17.3 Å². The summed E-state index contributed by atoms with van der Waals surface area (Å²) < 4.78 is 47.8. The summed E-state index contributed by atoms with van der Waals surface area (Å²) in [7, 11) is 5.26. The summed E-state index contributed by atoms with van der Waals surface area (Å²) in [5.74, 6) is -4.86. The van der Waals surface area contributed by atoms with Crippen LogP contribution in [0.4, 0.5) is 0 Å². The Balaban J connectivity index is 1.48. The van der Waals surface area contributed by atoms with Crippen LogP contribution < -0.4 is 18.9 Å². The van der Waals surface area contributed by atoms with Gasteiger partial charge in [-0.25, -0.2) is 9.59 Å². The summed E-state index contributed by atoms with van der Waals surface area (Å²) in [5.41, 5.74) is 0.708. The number of carbonyl (C=O) groups excluding carboxylic acids is 2. The largest absolute Gasteiger partial charge is 0.502 e. The van der Waals surface area contributed by atoms with E-state index in [1.54, 1.807) is 0 Å². The molecule has 8 N–H and O–H groups in total. The van der Waals surface area contributed by atoms with Crippen molar-refractivity contribution in [1.82, 2.24) is 0 Å². The third-order valence-corrected chi connectivity index (χ3v) is 8.32. The Bertz CT molecular complexity index is 1590. The summed E-state index contributed by atoms with van der Waals surface area (Å²) in [6.45, 7) is -2.69. The zero-order valence-corrected chi connectivity index (χ0v) is 28.9. The van der Waals surface area contributed by atoms with E-state index in [1.807, 2.05) is 0 Å². The highest BCUT2D eigenvalue weighted by Gasteiger charge is 2.60. The number of phenols is 2. The van der Waals surface area contributed by atoms with E-state index in [4.69, 9.17) is 42.6 Å². The van der Waals surface area contributed by atoms with Crippen molar-refractivity contribution in [2.75, 3.05) is 48.3 Å². The molecule has 53 heavy (non-hydrogen) atoms. The molecule has 0 aromatic heterocycles. The summed E-state index contributed by atoms with van der Waals surface area (Å²) >= 11 is 0. The molecular formula is C34H42O19. The quantitative estimate of drug-likeness (QED) is 0.0765. The number of benzene rings is 2. The molecule has 9 atom stereocenters. The van der Waals surface area contributed by atoms with Crippen molar-refractivity contribution in [2.24, 2.45) is 0 Å². The Kier molecular flexibility index (Phi) is 13.9. The minimum absolute atomic E-state index is 0.0366. The number of esters is 2. The SMILES string of the molecule is COc1cc(/C=C/C(=O)OC[C@H]2O[C@H](O[C@]3(CO)O[C@H](CO)[C@H](O)[C@@H]3OC(=O)/C=C/c3cc(OC)c(O)c(OC)c3)[C@H](O)[C@H](O)[C@@H]2O)cc(OC)c1O. The molecule has 19 nitrogen and oxygen atoms in total. The number of hydrogen-bond acceptors (Lipinski definition) is 19. The number of aliphatic hydroxyl groups excluding tert-OH is 6. The maximum absolute atomic E-state index is 12.9. The minimum atomic E-state index is -2.51. The first-order valence-corrected chi connectivity index (χ1v) is 15.8. The number of aromatic hydroxyl groups is 2. The maximum Gasteiger partial charge on any atom is 0.331 e. The molecule has 2 aliphatic heterocycles. The molecule has 0 saturated carbocycles. The van der Waals surface area contributed by atoms with Gasteiger partial charge in [0, 0.05) is 12.2 Å². The fourth-order valence-electron chi connectivity index (χ4n) is 5.49. The van der Waals surface area contributed by atoms with E-state index in [1.165, 1.54) is 64.9 Å². The molecule has 2 heterocycles. The molecule has 292 valence electrons. The third-order valence-electron chi connectivity index (χ3n) is 8.32. The first-order chi connectivity index (χ1) is 25.3. The lowest BCUT2D eigenvalue weighted by molar-refractivity contribution is -0.383. The Labute approximate surface area is 302 Å². The van der Waals surface area contributed by atoms with Gasteiger partial charge < -0.3 is 83.5 Å². The van der Waals surface area contributed by atoms with Gasteiger partial charge in [0.1, 0.15) is 49.8 Å². The predicted molar refractivity (Wildman–Crippen MR) is 177 cm³/mol. The molecule has 2 aromatic carbocycles. The highest BCUT2D eigenvalue weighted by molar-refractivity contribution is 5.88. The molecule has 0 aliphatic carbocycles. The molecule has 0 spiro atoms. The van der Waals surface area contributed by atoms with Crippen molar-refractivity contribution in [3.63, 3.8) is 0 Å². The smallest absolute Gasteiger partial charge is 0.331 e. The third kappa shape index (κ3) is 9.10. The van der Waals surface area contributed by atoms with E-state index in [9.17, 15) is 50.4 Å². The van der Waals surface area contributed by atoms with E-state index in [0.717, 1.165) is 12.2 Å². The number of carbonyl (C=O) groups is 2. The zero-order chi connectivity index (χ0) is 39.0. The highest BCUT2D eigenvalue weighted by atomic mass is 16.8. The molecule has 2 aromatic rings. The van der Waals surface area contributed by atoms with Gasteiger partial charge >= 0.3 is 11.9 Å². The van der Waals surface area contributed by atoms with Crippen molar-refractivity contribution in [1.29, 1.82) is 0 Å². The topological polar surface area (TPSA) is 279 Å². The van der Waals surface area contributed by atoms with Gasteiger partial charge in [-0.05, 0) is 47.5 Å². The van der Waals surface area contributed by atoms with Crippen LogP contribution in [0.3, 0.4) is 0 Å². The lowest BCUT2D eigenvalue weighted by atomic mass is 9.98. The van der Waals surface area contributed by atoms with Gasteiger partial charge in [0.25, 0.3) is 0 Å². The average Bonchev–Trinajstić information content (AvgIpc) is 3.42. The second-order valence-electron chi connectivity index (χ2n) is 11.6. The molecule has 2 saturated heterocycles. The first kappa shape index (κ1) is 41.1. The lowest BCUT2D eigenvalue weighted by Crippen LogP contribution is -2.63. The number of rotatable bonds is 15. The van der Waals surface area contributed by atoms with Crippen molar-refractivity contribution in [3.05, 3.63) is 47.5 Å². The number of phenolic OH excluding ortho intramolecular Hbond substituents is 2. The van der Waals surface area contributed by atoms with Crippen LogP contribution in [0.25, 0.3) is 12.2 Å². The number of ether oxygens (including phenoxy) is 9. The van der Waals surface area contributed by atoms with Gasteiger partial charge in [-0.1, -0.05) is 0 Å². The van der Waals surface area contributed by atoms with Crippen LogP contribution in [0.15, 0.2) is 36.4 Å². The standard InChI is InChI=1S/C34H42O19/c1-45-18-9-16(10-19(46-2)26(18)39)5-7-24(37)49-14-23-28(41)30(43)31(44)33(50-23)53-34(15-36)32(29(42)22(13-35)52-34)51-25(38)8-6-17-11-20(47-3)27(40)21(12-17)48-4/h5-12,22-23,28-33,35-36,39-44H,13-15H2,1-4H3/b7-5+,8-6+/t22-,23-,28-,29+,30-,31-,32+,33-,34+/m1/s1. The van der Waals surface area contributed by atoms with Crippen LogP contribution >= 0.6 is 0 Å². The first-order valence-electron chi connectivity index (χ1n) is 15.8. The number of methoxy groups -OCH3 is 4. The molecule has 0 amide bonds. The second-order valence-corrected chi connectivity index (χ2v) is 11.6. The van der Waals surface area contributed by atoms with Crippen molar-refractivity contribution in [2.45, 2.75) is 54.8 Å². The van der Waals surface area contributed by atoms with E-state index in [0.29, 0.717) is 11.1 Å². The highest BCUT2D eigenvalue weighted by Crippen LogP contribution is 2.40. The maximum atomic E-state index is 12.9. The average molecular weight is 755 g/mol. The van der Waals surface area contributed by atoms with Crippen molar-refractivity contribution >= 4 is 24.1 Å². The summed E-state index contributed by atoms with van der Waals surface area (Å²) in [5, 5.41) is 83.3. The molecule has 0 unspecified atom stereocenters. The van der Waals surface area contributed by atoms with E-state index >= 15 is 0 Å². The fraction of sp³-hybridized carbons (Fsp3) is 0.471. The summed E-state index contributed by atoms with van der Waals surface area (Å²) in [6, 6.07) is 5.60. The van der Waals surface area contributed by atoms with Crippen molar-refractivity contribution in [3.8, 4) is 34.5 Å². The Morgan fingerprint density at radius 1 is 0.717 bits per heavy atom. The number of aliphatic hydroxyl groups is 6. The molecular weight excluding hydrogens is 712 g/mol. The molecule has 2 fully saturated rings. The summed E-state index contributed by atoms with van der Waals surface area (Å²) in [6.07, 6.45) is -9.97. The molecule has 4 rings (SSSR count). The van der Waals surface area contributed by atoms with Gasteiger partial charge in [-0.15, -0.1) is 0 Å². The van der Waals surface area contributed by atoms with Crippen LogP contribution in [-0.4, -0.2) is 156 Å². The van der Waals surface area contributed by atoms with Gasteiger partial charge in [0.05, 0.1) is 35.0 Å². The van der Waals surface area contributed by atoms with Crippen LogP contribution in [0.2, 0.25) is 0 Å². The lowest BCUT2D eigenvalue weighted by Gasteiger charge is -2.43. The van der Waals surface area contributed by atoms with Gasteiger partial charge in [0.15, 0.2) is 35.4 Å². The Hall–Kier alpha value is -4.70. The van der Waals surface area contributed by atoms with Crippen LogP contribution in [-0.2, 0) is 33.3 Å². The van der Waals surface area contributed by atoms with Gasteiger partial charge in [-0.3, -0.25) is 0 Å². The molecule has 19 heteroatoms. The minimum Gasteiger partial charge on any atom is -0.502 e. The second kappa shape index (κ2) is 17.9. The zero-order valence-electron chi connectivity index (χ0n) is 28.9. The molecule has 0 bridgehead atoms. The monoisotopic (exact) mass is 754 g/mol. The van der Waals surface area contributed by atoms with E-state index in [2.05, 4.69) is 0 Å². The normalized spacial score (nSPS) is 28.6. The number of hydrogen-bond donors (Lipinski definition) is 8. The molecule has 2 aliphatic rings. The van der Waals surface area contributed by atoms with Crippen LogP contribution in [0.1, 0.15) is 11.1 Å². The van der Waals surface area contributed by atoms with Crippen LogP contribution in [0, 0.1) is 0 Å². The van der Waals surface area contributed by atoms with E-state index in [-0.39, 0.29) is 34.5 Å². The fourth-order valence-corrected chi connectivity index (χ4v) is 5.49. The van der Waals surface area contributed by atoms with Gasteiger partial charge in [-0.2, -0.15) is 0 Å². The predicted octanol–water partition coefficient (Wildman–Crippen LogP) is -1.42. The Morgan fingerprint density at radius 3 is 1.66 bits per heavy atom. The summed E-state index contributed by atoms with van der Waals surface area (Å²) in [4.78, 5) is 25.5. The van der Waals surface area contributed by atoms with Crippen molar-refractivity contribution < 1.29 is 93.1 Å².